The number of likely N-dealkylation sites (tertiary alicyclic amines) is 1. The van der Waals surface area contributed by atoms with Crippen LogP contribution in [-0.2, 0) is 4.79 Å². The molecule has 3 amide bonds. The average Bonchev–Trinajstić information content (AvgIpc) is 2.83. The van der Waals surface area contributed by atoms with Crippen LogP contribution in [-0.4, -0.2) is 46.0 Å². The van der Waals surface area contributed by atoms with Crippen LogP contribution in [0.1, 0.15) is 23.7 Å². The summed E-state index contributed by atoms with van der Waals surface area (Å²) in [6.07, 6.45) is 3.05. The van der Waals surface area contributed by atoms with Crippen LogP contribution in [0.2, 0.25) is 0 Å². The van der Waals surface area contributed by atoms with Crippen molar-refractivity contribution in [1.29, 1.82) is 0 Å². The van der Waals surface area contributed by atoms with Gasteiger partial charge < -0.3 is 21.1 Å². The fraction of sp³-hybridized carbons (Fsp3) is 0.385. The molecule has 0 saturated carbocycles. The third-order valence-electron chi connectivity index (χ3n) is 3.59. The summed E-state index contributed by atoms with van der Waals surface area (Å²) in [5, 5.41) is 11.4. The summed E-state index contributed by atoms with van der Waals surface area (Å²) < 4.78 is 0. The molecule has 2 rings (SSSR count). The number of hydrogen-bond donors (Lipinski definition) is 3. The number of carbonyl (C=O) groups excluding carboxylic acids is 2. The van der Waals surface area contributed by atoms with Crippen LogP contribution >= 0.6 is 0 Å². The Hall–Kier alpha value is -2.64. The summed E-state index contributed by atoms with van der Waals surface area (Å²) in [5.74, 6) is -1.56. The van der Waals surface area contributed by atoms with Gasteiger partial charge in [-0.1, -0.05) is 0 Å². The highest BCUT2D eigenvalue weighted by Crippen LogP contribution is 2.29. The molecule has 0 radical (unpaired) electrons. The summed E-state index contributed by atoms with van der Waals surface area (Å²) >= 11 is 0. The van der Waals surface area contributed by atoms with Gasteiger partial charge in [0.15, 0.2) is 0 Å². The molecule has 0 bridgehead atoms. The van der Waals surface area contributed by atoms with Gasteiger partial charge in [0.25, 0.3) is 0 Å². The standard InChI is InChI=1S/C13H16N4O4/c1-13(11(14)20)2-3-17(7-13)12(21)16-9-4-8(10(18)19)5-15-6-9/h4-6H,2-3,7H2,1H3,(H2,14,20)(H,16,21)(H,18,19). The van der Waals surface area contributed by atoms with Crippen molar-refractivity contribution in [3.8, 4) is 0 Å². The molecule has 1 fully saturated rings. The van der Waals surface area contributed by atoms with Crippen molar-refractivity contribution in [3.63, 3.8) is 0 Å². The molecule has 1 unspecified atom stereocenters. The lowest BCUT2D eigenvalue weighted by molar-refractivity contribution is -0.126. The quantitative estimate of drug-likeness (QED) is 0.748. The zero-order chi connectivity index (χ0) is 15.6. The molecule has 0 aliphatic carbocycles. The molecule has 1 aliphatic rings. The molecule has 2 heterocycles. The van der Waals surface area contributed by atoms with Gasteiger partial charge in [-0.25, -0.2) is 9.59 Å². The number of pyridine rings is 1. The molecule has 1 aliphatic heterocycles. The predicted octanol–water partition coefficient (Wildman–Crippen LogP) is 0.509. The van der Waals surface area contributed by atoms with Gasteiger partial charge in [0.1, 0.15) is 0 Å². The van der Waals surface area contributed by atoms with Gasteiger partial charge in [-0.2, -0.15) is 0 Å². The van der Waals surface area contributed by atoms with Crippen LogP contribution in [0.25, 0.3) is 0 Å². The van der Waals surface area contributed by atoms with Crippen molar-refractivity contribution in [2.75, 3.05) is 18.4 Å². The number of aromatic carboxylic acids is 1. The van der Waals surface area contributed by atoms with Gasteiger partial charge in [0.2, 0.25) is 5.91 Å². The lowest BCUT2D eigenvalue weighted by atomic mass is 9.89. The van der Waals surface area contributed by atoms with E-state index in [4.69, 9.17) is 10.8 Å². The molecule has 1 saturated heterocycles. The van der Waals surface area contributed by atoms with E-state index in [-0.39, 0.29) is 17.8 Å². The van der Waals surface area contributed by atoms with E-state index in [2.05, 4.69) is 10.3 Å². The summed E-state index contributed by atoms with van der Waals surface area (Å²) in [7, 11) is 0. The molecular formula is C13H16N4O4. The molecule has 1 aromatic rings. The van der Waals surface area contributed by atoms with E-state index < -0.39 is 23.3 Å². The fourth-order valence-electron chi connectivity index (χ4n) is 2.16. The van der Waals surface area contributed by atoms with Crippen molar-refractivity contribution in [2.24, 2.45) is 11.1 Å². The average molecular weight is 292 g/mol. The number of hydrogen-bond acceptors (Lipinski definition) is 4. The third-order valence-corrected chi connectivity index (χ3v) is 3.59. The highest BCUT2D eigenvalue weighted by Gasteiger charge is 2.40. The first-order valence-electron chi connectivity index (χ1n) is 6.36. The number of aromatic nitrogens is 1. The number of nitrogens with two attached hydrogens (primary N) is 1. The number of rotatable bonds is 3. The van der Waals surface area contributed by atoms with E-state index in [0.717, 1.165) is 0 Å². The minimum absolute atomic E-state index is 0.0174. The monoisotopic (exact) mass is 292 g/mol. The van der Waals surface area contributed by atoms with Crippen LogP contribution in [0, 0.1) is 5.41 Å². The fourth-order valence-corrected chi connectivity index (χ4v) is 2.16. The van der Waals surface area contributed by atoms with E-state index in [9.17, 15) is 14.4 Å². The van der Waals surface area contributed by atoms with Crippen molar-refractivity contribution in [3.05, 3.63) is 24.0 Å². The number of nitrogens with zero attached hydrogens (tertiary/aromatic N) is 2. The molecule has 1 atom stereocenters. The number of carboxylic acids is 1. The molecule has 112 valence electrons. The van der Waals surface area contributed by atoms with E-state index >= 15 is 0 Å². The van der Waals surface area contributed by atoms with Crippen LogP contribution < -0.4 is 11.1 Å². The van der Waals surface area contributed by atoms with Crippen LogP contribution in [0.3, 0.4) is 0 Å². The first-order chi connectivity index (χ1) is 9.82. The molecule has 8 heteroatoms. The van der Waals surface area contributed by atoms with E-state index in [1.807, 2.05) is 0 Å². The van der Waals surface area contributed by atoms with E-state index in [0.29, 0.717) is 13.0 Å². The Labute approximate surface area is 120 Å². The molecule has 4 N–H and O–H groups in total. The van der Waals surface area contributed by atoms with Crippen molar-refractivity contribution in [1.82, 2.24) is 9.88 Å². The van der Waals surface area contributed by atoms with Gasteiger partial charge in [-0.15, -0.1) is 0 Å². The third kappa shape index (κ3) is 3.10. The Morgan fingerprint density at radius 1 is 1.43 bits per heavy atom. The van der Waals surface area contributed by atoms with Crippen LogP contribution in [0.15, 0.2) is 18.5 Å². The summed E-state index contributed by atoms with van der Waals surface area (Å²) in [6.45, 7) is 2.37. The second-order valence-corrected chi connectivity index (χ2v) is 5.29. The highest BCUT2D eigenvalue weighted by molar-refractivity contribution is 5.93. The Morgan fingerprint density at radius 3 is 2.71 bits per heavy atom. The second kappa shape index (κ2) is 5.39. The molecule has 1 aromatic heterocycles. The van der Waals surface area contributed by atoms with Crippen molar-refractivity contribution in [2.45, 2.75) is 13.3 Å². The zero-order valence-electron chi connectivity index (χ0n) is 11.5. The lowest BCUT2D eigenvalue weighted by Crippen LogP contribution is -2.40. The summed E-state index contributed by atoms with van der Waals surface area (Å²) in [4.78, 5) is 39.5. The largest absolute Gasteiger partial charge is 0.478 e. The van der Waals surface area contributed by atoms with Gasteiger partial charge >= 0.3 is 12.0 Å². The number of carboxylic acid groups (broad SMARTS) is 1. The van der Waals surface area contributed by atoms with E-state index in [1.165, 1.54) is 23.4 Å². The number of nitrogens with one attached hydrogen (secondary N) is 1. The normalized spacial score (nSPS) is 21.1. The molecule has 0 aromatic carbocycles. The SMILES string of the molecule is CC1(C(N)=O)CCN(C(=O)Nc2cncc(C(=O)O)c2)C1. The predicted molar refractivity (Wildman–Crippen MR) is 73.7 cm³/mol. The zero-order valence-corrected chi connectivity index (χ0v) is 11.5. The number of carbonyl (C=O) groups is 3. The van der Waals surface area contributed by atoms with Gasteiger partial charge in [-0.3, -0.25) is 9.78 Å². The maximum Gasteiger partial charge on any atom is 0.337 e. The maximum atomic E-state index is 12.1. The molecule has 21 heavy (non-hydrogen) atoms. The first-order valence-corrected chi connectivity index (χ1v) is 6.36. The van der Waals surface area contributed by atoms with Gasteiger partial charge in [0.05, 0.1) is 22.9 Å². The number of amides is 3. The molecule has 8 nitrogen and oxygen atoms in total. The summed E-state index contributed by atoms with van der Waals surface area (Å²) in [5.41, 5.74) is 4.87. The Bertz CT molecular complexity index is 604. The number of anilines is 1. The highest BCUT2D eigenvalue weighted by atomic mass is 16.4. The molecular weight excluding hydrogens is 276 g/mol. The molecule has 0 spiro atoms. The summed E-state index contributed by atoms with van der Waals surface area (Å²) in [6, 6.07) is 0.903. The van der Waals surface area contributed by atoms with Crippen molar-refractivity contribution >= 4 is 23.6 Å². The van der Waals surface area contributed by atoms with Crippen LogP contribution in [0.4, 0.5) is 10.5 Å². The van der Waals surface area contributed by atoms with E-state index in [1.54, 1.807) is 6.92 Å². The Kier molecular flexibility index (Phi) is 3.79. The van der Waals surface area contributed by atoms with Gasteiger partial charge in [0, 0.05) is 19.3 Å². The Balaban J connectivity index is 2.04. The Morgan fingerprint density at radius 2 is 2.14 bits per heavy atom. The topological polar surface area (TPSA) is 126 Å². The number of primary amides is 1. The van der Waals surface area contributed by atoms with Gasteiger partial charge in [-0.05, 0) is 19.4 Å². The smallest absolute Gasteiger partial charge is 0.337 e. The van der Waals surface area contributed by atoms with Crippen LogP contribution in [0.5, 0.6) is 0 Å². The number of urea groups is 1. The van der Waals surface area contributed by atoms with Crippen molar-refractivity contribution < 1.29 is 19.5 Å². The minimum Gasteiger partial charge on any atom is -0.478 e. The second-order valence-electron chi connectivity index (χ2n) is 5.29. The lowest BCUT2D eigenvalue weighted by Gasteiger charge is -2.21. The first kappa shape index (κ1) is 14.8. The maximum absolute atomic E-state index is 12.1. The minimum atomic E-state index is -1.12.